The fourth-order valence-electron chi connectivity index (χ4n) is 4.16. The molecule has 0 N–H and O–H groups in total. The number of nitrogens with zero attached hydrogens (tertiary/aromatic N) is 3. The number of carbonyl (C=O) groups excluding carboxylic acids is 1. The second kappa shape index (κ2) is 9.14. The Labute approximate surface area is 175 Å². The predicted octanol–water partition coefficient (Wildman–Crippen LogP) is 2.70. The van der Waals surface area contributed by atoms with E-state index in [1.54, 1.807) is 12.1 Å². The molecular formula is C22H28FN3O4. The van der Waals surface area contributed by atoms with E-state index in [9.17, 15) is 9.18 Å². The van der Waals surface area contributed by atoms with Gasteiger partial charge in [-0.25, -0.2) is 4.39 Å². The fraction of sp³-hybridized carbons (Fsp3) is 0.545. The molecule has 1 aromatic carbocycles. The van der Waals surface area contributed by atoms with Gasteiger partial charge in [0, 0.05) is 31.2 Å². The normalized spacial score (nSPS) is 21.2. The van der Waals surface area contributed by atoms with Crippen LogP contribution in [0.25, 0.3) is 0 Å². The van der Waals surface area contributed by atoms with Crippen LogP contribution in [0.2, 0.25) is 0 Å². The van der Waals surface area contributed by atoms with E-state index >= 15 is 0 Å². The summed E-state index contributed by atoms with van der Waals surface area (Å²) in [5, 5.41) is 4.03. The van der Waals surface area contributed by atoms with Crippen LogP contribution in [0.4, 0.5) is 4.39 Å². The molecular weight excluding hydrogens is 389 g/mol. The summed E-state index contributed by atoms with van der Waals surface area (Å²) in [6.45, 7) is 7.54. The molecule has 8 heteroatoms. The highest BCUT2D eigenvalue weighted by molar-refractivity contribution is 5.78. The van der Waals surface area contributed by atoms with Crippen LogP contribution in [0.3, 0.4) is 0 Å². The topological polar surface area (TPSA) is 68.0 Å². The number of benzene rings is 1. The maximum absolute atomic E-state index is 13.0. The molecule has 0 bridgehead atoms. The van der Waals surface area contributed by atoms with Crippen molar-refractivity contribution in [3.05, 3.63) is 47.1 Å². The molecule has 1 amide bonds. The fourth-order valence-corrected chi connectivity index (χ4v) is 4.16. The van der Waals surface area contributed by atoms with Gasteiger partial charge >= 0.3 is 0 Å². The lowest BCUT2D eigenvalue weighted by Gasteiger charge is -2.42. The van der Waals surface area contributed by atoms with E-state index in [0.717, 1.165) is 49.5 Å². The van der Waals surface area contributed by atoms with Crippen LogP contribution in [0.1, 0.15) is 29.9 Å². The summed E-state index contributed by atoms with van der Waals surface area (Å²) in [4.78, 5) is 16.8. The highest BCUT2D eigenvalue weighted by atomic mass is 19.1. The maximum Gasteiger partial charge on any atom is 0.248 e. The molecule has 0 radical (unpaired) electrons. The van der Waals surface area contributed by atoms with Gasteiger partial charge in [0.25, 0.3) is 0 Å². The van der Waals surface area contributed by atoms with Gasteiger partial charge in [0.2, 0.25) is 5.91 Å². The van der Waals surface area contributed by atoms with E-state index in [0.29, 0.717) is 18.9 Å². The highest BCUT2D eigenvalue weighted by Crippen LogP contribution is 2.23. The third-order valence-corrected chi connectivity index (χ3v) is 5.97. The van der Waals surface area contributed by atoms with Crippen LogP contribution >= 0.6 is 0 Å². The molecule has 0 saturated carbocycles. The Kier molecular flexibility index (Phi) is 6.34. The SMILES string of the molecule is Cc1noc(C)c1CN1CCC(N2C[C@H](COc3ccc(F)cc3)OCC2=O)CC1. The second-order valence-corrected chi connectivity index (χ2v) is 8.05. The lowest BCUT2D eigenvalue weighted by atomic mass is 10.0. The van der Waals surface area contributed by atoms with Crippen LogP contribution in [-0.4, -0.2) is 65.9 Å². The summed E-state index contributed by atoms with van der Waals surface area (Å²) in [6, 6.07) is 6.13. The van der Waals surface area contributed by atoms with Crippen molar-refractivity contribution in [2.45, 2.75) is 45.4 Å². The lowest BCUT2D eigenvalue weighted by molar-refractivity contribution is -0.155. The van der Waals surface area contributed by atoms with Crippen molar-refractivity contribution in [3.8, 4) is 5.75 Å². The summed E-state index contributed by atoms with van der Waals surface area (Å²) in [5.74, 6) is 1.21. The van der Waals surface area contributed by atoms with Crippen molar-refractivity contribution >= 4 is 5.91 Å². The Balaban J connectivity index is 1.28. The van der Waals surface area contributed by atoms with Crippen molar-refractivity contribution in [3.63, 3.8) is 0 Å². The van der Waals surface area contributed by atoms with Gasteiger partial charge in [-0.2, -0.15) is 0 Å². The molecule has 0 aliphatic carbocycles. The Morgan fingerprint density at radius 2 is 1.93 bits per heavy atom. The first-order chi connectivity index (χ1) is 14.5. The van der Waals surface area contributed by atoms with Crippen molar-refractivity contribution < 1.29 is 23.2 Å². The molecule has 1 aromatic heterocycles. The third-order valence-electron chi connectivity index (χ3n) is 5.97. The average Bonchev–Trinajstić information content (AvgIpc) is 3.07. The number of aromatic nitrogens is 1. The number of halogens is 1. The molecule has 2 aromatic rings. The Morgan fingerprint density at radius 3 is 2.60 bits per heavy atom. The standard InChI is InChI=1S/C22H28FN3O4/c1-15-21(16(2)30-24-15)12-25-9-7-18(8-10-25)26-11-20(29-14-22(26)27)13-28-19-5-3-17(23)4-6-19/h3-6,18,20H,7-14H2,1-2H3/t20-/m1/s1. The number of rotatable bonds is 6. The van der Waals surface area contributed by atoms with Crippen LogP contribution in [0.15, 0.2) is 28.8 Å². The van der Waals surface area contributed by atoms with Crippen LogP contribution in [0.5, 0.6) is 5.75 Å². The summed E-state index contributed by atoms with van der Waals surface area (Å²) in [6.07, 6.45) is 1.68. The number of ether oxygens (including phenoxy) is 2. The number of morpholine rings is 1. The molecule has 2 aliphatic heterocycles. The number of likely N-dealkylation sites (tertiary alicyclic amines) is 1. The molecule has 3 heterocycles. The minimum atomic E-state index is -0.297. The van der Waals surface area contributed by atoms with Gasteiger partial charge < -0.3 is 18.9 Å². The number of amides is 1. The van der Waals surface area contributed by atoms with E-state index in [4.69, 9.17) is 14.0 Å². The number of hydrogen-bond acceptors (Lipinski definition) is 6. The zero-order valence-electron chi connectivity index (χ0n) is 17.5. The second-order valence-electron chi connectivity index (χ2n) is 8.05. The molecule has 2 aliphatic rings. The molecule has 30 heavy (non-hydrogen) atoms. The molecule has 162 valence electrons. The van der Waals surface area contributed by atoms with Gasteiger partial charge in [-0.3, -0.25) is 9.69 Å². The van der Waals surface area contributed by atoms with Gasteiger partial charge in [0.15, 0.2) is 0 Å². The number of piperidine rings is 1. The van der Waals surface area contributed by atoms with Crippen molar-refractivity contribution in [2.24, 2.45) is 0 Å². The Bertz CT molecular complexity index is 842. The maximum atomic E-state index is 13.0. The van der Waals surface area contributed by atoms with E-state index in [2.05, 4.69) is 10.1 Å². The summed E-state index contributed by atoms with van der Waals surface area (Å²) >= 11 is 0. The van der Waals surface area contributed by atoms with E-state index in [1.165, 1.54) is 12.1 Å². The first-order valence-corrected chi connectivity index (χ1v) is 10.4. The molecule has 1 atom stereocenters. The van der Waals surface area contributed by atoms with Gasteiger partial charge in [-0.15, -0.1) is 0 Å². The van der Waals surface area contributed by atoms with Gasteiger partial charge in [0.1, 0.15) is 36.6 Å². The Hall–Kier alpha value is -2.45. The largest absolute Gasteiger partial charge is 0.491 e. The Morgan fingerprint density at radius 1 is 1.20 bits per heavy atom. The third kappa shape index (κ3) is 4.82. The number of hydrogen-bond donors (Lipinski definition) is 0. The zero-order chi connectivity index (χ0) is 21.1. The van der Waals surface area contributed by atoms with E-state index in [1.807, 2.05) is 18.7 Å². The smallest absolute Gasteiger partial charge is 0.248 e. The van der Waals surface area contributed by atoms with Gasteiger partial charge in [-0.1, -0.05) is 5.16 Å². The first-order valence-electron chi connectivity index (χ1n) is 10.4. The summed E-state index contributed by atoms with van der Waals surface area (Å²) in [5.41, 5.74) is 2.11. The minimum Gasteiger partial charge on any atom is -0.491 e. The van der Waals surface area contributed by atoms with Crippen LogP contribution < -0.4 is 4.74 Å². The first kappa shape index (κ1) is 20.8. The number of carbonyl (C=O) groups is 1. The molecule has 7 nitrogen and oxygen atoms in total. The monoisotopic (exact) mass is 417 g/mol. The molecule has 4 rings (SSSR count). The van der Waals surface area contributed by atoms with Crippen molar-refractivity contribution in [2.75, 3.05) is 32.8 Å². The molecule has 2 fully saturated rings. The van der Waals surface area contributed by atoms with Gasteiger partial charge in [-0.05, 0) is 51.0 Å². The number of aryl methyl sites for hydroxylation is 2. The van der Waals surface area contributed by atoms with E-state index < -0.39 is 0 Å². The summed E-state index contributed by atoms with van der Waals surface area (Å²) < 4.78 is 29.7. The molecule has 0 unspecified atom stereocenters. The van der Waals surface area contributed by atoms with Crippen molar-refractivity contribution in [1.82, 2.24) is 15.0 Å². The lowest BCUT2D eigenvalue weighted by Crippen LogP contribution is -2.55. The quantitative estimate of drug-likeness (QED) is 0.720. The summed E-state index contributed by atoms with van der Waals surface area (Å²) in [7, 11) is 0. The minimum absolute atomic E-state index is 0.0391. The van der Waals surface area contributed by atoms with Gasteiger partial charge in [0.05, 0.1) is 12.2 Å². The van der Waals surface area contributed by atoms with Crippen LogP contribution in [-0.2, 0) is 16.1 Å². The molecule has 2 saturated heterocycles. The van der Waals surface area contributed by atoms with E-state index in [-0.39, 0.29) is 30.5 Å². The zero-order valence-corrected chi connectivity index (χ0v) is 17.5. The molecule has 0 spiro atoms. The average molecular weight is 417 g/mol. The predicted molar refractivity (Wildman–Crippen MR) is 108 cm³/mol. The van der Waals surface area contributed by atoms with Crippen molar-refractivity contribution in [1.29, 1.82) is 0 Å². The van der Waals surface area contributed by atoms with Crippen LogP contribution in [0, 0.1) is 19.7 Å². The highest BCUT2D eigenvalue weighted by Gasteiger charge is 2.34.